The molecule has 1 N–H and O–H groups in total. The molecule has 3 atom stereocenters. The minimum Gasteiger partial charge on any atom is -0.481 e. The summed E-state index contributed by atoms with van der Waals surface area (Å²) < 4.78 is 5.72. The number of nitriles is 1. The van der Waals surface area contributed by atoms with Gasteiger partial charge in [-0.15, -0.1) is 0 Å². The number of amides is 1. The van der Waals surface area contributed by atoms with Gasteiger partial charge in [0, 0.05) is 32.2 Å². The zero-order chi connectivity index (χ0) is 17.8. The first-order valence-electron chi connectivity index (χ1n) is 8.96. The molecule has 0 unspecified atom stereocenters. The number of nitrogens with zero attached hydrogens (tertiary/aromatic N) is 3. The Kier molecular flexibility index (Phi) is 5.57. The third-order valence-corrected chi connectivity index (χ3v) is 5.16. The van der Waals surface area contributed by atoms with Crippen LogP contribution in [0.1, 0.15) is 31.7 Å². The molecule has 1 saturated carbocycles. The van der Waals surface area contributed by atoms with E-state index >= 15 is 0 Å². The molecular formula is C19H25N3O3. The molecule has 1 aromatic carbocycles. The van der Waals surface area contributed by atoms with Gasteiger partial charge in [-0.3, -0.25) is 9.69 Å². The van der Waals surface area contributed by atoms with Crippen LogP contribution in [0, 0.1) is 11.3 Å². The number of carbonyl (C=O) groups is 1. The highest BCUT2D eigenvalue weighted by Crippen LogP contribution is 2.25. The van der Waals surface area contributed by atoms with Gasteiger partial charge in [-0.05, 0) is 44.4 Å². The molecule has 1 aliphatic carbocycles. The molecule has 1 amide bonds. The van der Waals surface area contributed by atoms with Crippen molar-refractivity contribution in [2.24, 2.45) is 0 Å². The molecule has 6 nitrogen and oxygen atoms in total. The van der Waals surface area contributed by atoms with E-state index in [0.29, 0.717) is 24.4 Å². The standard InChI is InChI=1S/C19H25N3O3/c1-14(25-16-5-2-4-15(12-16)13-20)19(24)22-10-8-21(9-11-22)17-6-3-7-18(17)23/h2,4-5,12,14,17-18,23H,3,6-11H2,1H3/t14-,17-,18-/m0/s1. The van der Waals surface area contributed by atoms with Crippen LogP contribution in [0.5, 0.6) is 5.75 Å². The van der Waals surface area contributed by atoms with Crippen LogP contribution in [0.15, 0.2) is 24.3 Å². The lowest BCUT2D eigenvalue weighted by atomic mass is 10.1. The lowest BCUT2D eigenvalue weighted by Gasteiger charge is -2.39. The lowest BCUT2D eigenvalue weighted by molar-refractivity contribution is -0.140. The molecule has 0 radical (unpaired) electrons. The number of hydrogen-bond donors (Lipinski definition) is 1. The van der Waals surface area contributed by atoms with Gasteiger partial charge in [0.2, 0.25) is 0 Å². The van der Waals surface area contributed by atoms with Gasteiger partial charge >= 0.3 is 0 Å². The summed E-state index contributed by atoms with van der Waals surface area (Å²) in [5, 5.41) is 19.0. The quantitative estimate of drug-likeness (QED) is 0.894. The van der Waals surface area contributed by atoms with Gasteiger partial charge in [0.05, 0.1) is 17.7 Å². The van der Waals surface area contributed by atoms with Crippen LogP contribution >= 0.6 is 0 Å². The summed E-state index contributed by atoms with van der Waals surface area (Å²) in [6.07, 6.45) is 2.20. The van der Waals surface area contributed by atoms with E-state index in [-0.39, 0.29) is 18.1 Å². The maximum absolute atomic E-state index is 12.6. The third-order valence-electron chi connectivity index (χ3n) is 5.16. The first-order chi connectivity index (χ1) is 12.1. The molecule has 1 aliphatic heterocycles. The van der Waals surface area contributed by atoms with Crippen LogP contribution in [0.2, 0.25) is 0 Å². The number of aliphatic hydroxyl groups excluding tert-OH is 1. The molecule has 1 aromatic rings. The average Bonchev–Trinajstić information content (AvgIpc) is 3.07. The van der Waals surface area contributed by atoms with Crippen molar-refractivity contribution in [3.63, 3.8) is 0 Å². The Morgan fingerprint density at radius 2 is 2.08 bits per heavy atom. The maximum atomic E-state index is 12.6. The summed E-state index contributed by atoms with van der Waals surface area (Å²) in [5.74, 6) is 0.501. The van der Waals surface area contributed by atoms with Crippen LogP contribution < -0.4 is 4.74 Å². The topological polar surface area (TPSA) is 76.8 Å². The zero-order valence-electron chi connectivity index (χ0n) is 14.6. The Hall–Kier alpha value is -2.10. The number of benzene rings is 1. The summed E-state index contributed by atoms with van der Waals surface area (Å²) in [6, 6.07) is 9.16. The second-order valence-corrected chi connectivity index (χ2v) is 6.83. The molecule has 0 aromatic heterocycles. The van der Waals surface area contributed by atoms with E-state index in [1.54, 1.807) is 31.2 Å². The van der Waals surface area contributed by atoms with Crippen molar-refractivity contribution in [3.8, 4) is 11.8 Å². The third kappa shape index (κ3) is 4.12. The van der Waals surface area contributed by atoms with Crippen LogP contribution in [-0.2, 0) is 4.79 Å². The number of piperazine rings is 1. The lowest BCUT2D eigenvalue weighted by Crippen LogP contribution is -2.55. The van der Waals surface area contributed by atoms with E-state index in [4.69, 9.17) is 10.00 Å². The summed E-state index contributed by atoms with van der Waals surface area (Å²) in [4.78, 5) is 16.8. The Labute approximate surface area is 148 Å². The molecule has 0 bridgehead atoms. The normalized spacial score (nSPS) is 25.4. The number of rotatable bonds is 4. The predicted molar refractivity (Wildman–Crippen MR) is 93.0 cm³/mol. The molecule has 2 fully saturated rings. The first kappa shape index (κ1) is 17.7. The van der Waals surface area contributed by atoms with Crippen LogP contribution in [0.4, 0.5) is 0 Å². The molecule has 2 aliphatic rings. The number of aliphatic hydroxyl groups is 1. The molecular weight excluding hydrogens is 318 g/mol. The van der Waals surface area contributed by atoms with Gasteiger partial charge in [-0.25, -0.2) is 0 Å². The highest BCUT2D eigenvalue weighted by Gasteiger charge is 2.34. The van der Waals surface area contributed by atoms with Crippen molar-refractivity contribution in [2.75, 3.05) is 26.2 Å². The van der Waals surface area contributed by atoms with Crippen LogP contribution in [0.25, 0.3) is 0 Å². The number of hydrogen-bond acceptors (Lipinski definition) is 5. The van der Waals surface area contributed by atoms with Crippen molar-refractivity contribution in [3.05, 3.63) is 29.8 Å². The average molecular weight is 343 g/mol. The molecule has 0 spiro atoms. The van der Waals surface area contributed by atoms with E-state index in [9.17, 15) is 9.90 Å². The molecule has 1 saturated heterocycles. The minimum atomic E-state index is -0.586. The first-order valence-corrected chi connectivity index (χ1v) is 8.96. The molecule has 134 valence electrons. The van der Waals surface area contributed by atoms with E-state index in [1.807, 2.05) is 4.90 Å². The Morgan fingerprint density at radius 3 is 2.72 bits per heavy atom. The smallest absolute Gasteiger partial charge is 0.263 e. The van der Waals surface area contributed by atoms with Crippen LogP contribution in [-0.4, -0.2) is 65.2 Å². The number of ether oxygens (including phenoxy) is 1. The second-order valence-electron chi connectivity index (χ2n) is 6.83. The summed E-state index contributed by atoms with van der Waals surface area (Å²) in [5.41, 5.74) is 0.515. The van der Waals surface area contributed by atoms with E-state index in [2.05, 4.69) is 11.0 Å². The van der Waals surface area contributed by atoms with E-state index in [1.165, 1.54) is 0 Å². The summed E-state index contributed by atoms with van der Waals surface area (Å²) >= 11 is 0. The van der Waals surface area contributed by atoms with Crippen molar-refractivity contribution in [1.82, 2.24) is 9.80 Å². The number of carbonyl (C=O) groups excluding carboxylic acids is 1. The SMILES string of the molecule is C[C@H](Oc1cccc(C#N)c1)C(=O)N1CCN([C@H]2CCC[C@@H]2O)CC1. The van der Waals surface area contributed by atoms with Crippen molar-refractivity contribution in [2.45, 2.75) is 44.4 Å². The summed E-state index contributed by atoms with van der Waals surface area (Å²) in [7, 11) is 0. The van der Waals surface area contributed by atoms with Crippen molar-refractivity contribution in [1.29, 1.82) is 5.26 Å². The summed E-state index contributed by atoms with van der Waals surface area (Å²) in [6.45, 7) is 4.66. The molecule has 3 rings (SSSR count). The van der Waals surface area contributed by atoms with E-state index < -0.39 is 6.10 Å². The van der Waals surface area contributed by atoms with Gasteiger partial charge in [-0.1, -0.05) is 6.07 Å². The van der Waals surface area contributed by atoms with Crippen molar-refractivity contribution >= 4 is 5.91 Å². The predicted octanol–water partition coefficient (Wildman–Crippen LogP) is 1.38. The molecule has 6 heteroatoms. The minimum absolute atomic E-state index is 0.0334. The molecule has 25 heavy (non-hydrogen) atoms. The monoisotopic (exact) mass is 343 g/mol. The van der Waals surface area contributed by atoms with Crippen molar-refractivity contribution < 1.29 is 14.6 Å². The fourth-order valence-electron chi connectivity index (χ4n) is 3.77. The Bertz CT molecular complexity index is 650. The largest absolute Gasteiger partial charge is 0.481 e. The van der Waals surface area contributed by atoms with Gasteiger partial charge in [0.25, 0.3) is 5.91 Å². The molecule has 1 heterocycles. The Balaban J connectivity index is 1.52. The second kappa shape index (κ2) is 7.85. The fourth-order valence-corrected chi connectivity index (χ4v) is 3.77. The highest BCUT2D eigenvalue weighted by atomic mass is 16.5. The fraction of sp³-hybridized carbons (Fsp3) is 0.579. The van der Waals surface area contributed by atoms with E-state index in [0.717, 1.165) is 32.4 Å². The van der Waals surface area contributed by atoms with Gasteiger partial charge in [0.15, 0.2) is 6.10 Å². The highest BCUT2D eigenvalue weighted by molar-refractivity contribution is 5.81. The Morgan fingerprint density at radius 1 is 1.32 bits per heavy atom. The van der Waals surface area contributed by atoms with Gasteiger partial charge < -0.3 is 14.7 Å². The van der Waals surface area contributed by atoms with Gasteiger partial charge in [0.1, 0.15) is 5.75 Å². The van der Waals surface area contributed by atoms with Gasteiger partial charge in [-0.2, -0.15) is 5.26 Å². The maximum Gasteiger partial charge on any atom is 0.263 e. The zero-order valence-corrected chi connectivity index (χ0v) is 14.6. The van der Waals surface area contributed by atoms with Crippen LogP contribution in [0.3, 0.4) is 0 Å².